The van der Waals surface area contributed by atoms with Crippen LogP contribution in [0.4, 0.5) is 0 Å². The minimum absolute atomic E-state index is 0.729. The molecule has 0 atom stereocenters. The van der Waals surface area contributed by atoms with Gasteiger partial charge in [0.15, 0.2) is 5.82 Å². The van der Waals surface area contributed by atoms with Gasteiger partial charge in [-0.3, -0.25) is 0 Å². The van der Waals surface area contributed by atoms with E-state index in [0.717, 1.165) is 50.4 Å². The molecule has 252 valence electrons. The molecule has 3 aromatic heterocycles. The Morgan fingerprint density at radius 3 is 1.74 bits per heavy atom. The van der Waals surface area contributed by atoms with Crippen LogP contribution in [0, 0.1) is 0 Å². The first-order valence-electron chi connectivity index (χ1n) is 18.2. The molecule has 0 saturated heterocycles. The Balaban J connectivity index is 1.12. The van der Waals surface area contributed by atoms with Gasteiger partial charge in [0.25, 0.3) is 0 Å². The molecule has 3 heterocycles. The Hall–Kier alpha value is -6.88. The third-order valence-electron chi connectivity index (χ3n) is 10.6. The topological polar surface area (TPSA) is 30.7 Å². The summed E-state index contributed by atoms with van der Waals surface area (Å²) in [6.45, 7) is 0. The lowest BCUT2D eigenvalue weighted by Gasteiger charge is -2.12. The summed E-state index contributed by atoms with van der Waals surface area (Å²) in [5.41, 5.74) is 12.2. The Kier molecular flexibility index (Phi) is 7.04. The first-order valence-corrected chi connectivity index (χ1v) is 19.1. The molecule has 0 bridgehead atoms. The van der Waals surface area contributed by atoms with Crippen LogP contribution in [0.2, 0.25) is 0 Å². The van der Waals surface area contributed by atoms with Crippen molar-refractivity contribution in [1.82, 2.24) is 14.5 Å². The summed E-state index contributed by atoms with van der Waals surface area (Å²) in [6, 6.07) is 67.3. The number of hydrogen-bond donors (Lipinski definition) is 0. The van der Waals surface area contributed by atoms with Crippen molar-refractivity contribution in [2.45, 2.75) is 0 Å². The minimum atomic E-state index is 0.729. The molecule has 0 aliphatic carbocycles. The second kappa shape index (κ2) is 12.4. The molecule has 0 spiro atoms. The highest BCUT2D eigenvalue weighted by Gasteiger charge is 2.18. The smallest absolute Gasteiger partial charge is 0.160 e. The van der Waals surface area contributed by atoms with Crippen LogP contribution in [0.5, 0.6) is 0 Å². The second-order valence-corrected chi connectivity index (χ2v) is 14.8. The maximum Gasteiger partial charge on any atom is 0.160 e. The third-order valence-corrected chi connectivity index (χ3v) is 11.8. The quantitative estimate of drug-likeness (QED) is 0.178. The first-order chi connectivity index (χ1) is 26.8. The van der Waals surface area contributed by atoms with Crippen LogP contribution in [0.15, 0.2) is 188 Å². The number of para-hydroxylation sites is 1. The molecule has 11 aromatic rings. The Morgan fingerprint density at radius 2 is 0.981 bits per heavy atom. The molecule has 4 heteroatoms. The normalized spacial score (nSPS) is 11.7. The zero-order valence-corrected chi connectivity index (χ0v) is 30.0. The van der Waals surface area contributed by atoms with E-state index in [4.69, 9.17) is 9.97 Å². The summed E-state index contributed by atoms with van der Waals surface area (Å²) in [6.07, 6.45) is 0. The monoisotopic (exact) mass is 705 g/mol. The molecule has 0 unspecified atom stereocenters. The highest BCUT2D eigenvalue weighted by atomic mass is 32.1. The summed E-state index contributed by atoms with van der Waals surface area (Å²) >= 11 is 1.88. The number of thiophene rings is 1. The van der Waals surface area contributed by atoms with E-state index in [1.54, 1.807) is 0 Å². The van der Waals surface area contributed by atoms with E-state index in [1.807, 2.05) is 35.6 Å². The van der Waals surface area contributed by atoms with Crippen molar-refractivity contribution in [1.29, 1.82) is 0 Å². The number of hydrogen-bond acceptors (Lipinski definition) is 3. The molecule has 0 amide bonds. The van der Waals surface area contributed by atoms with Crippen molar-refractivity contribution in [3.8, 4) is 50.6 Å². The van der Waals surface area contributed by atoms with Gasteiger partial charge in [0.05, 0.1) is 22.2 Å². The fourth-order valence-corrected chi connectivity index (χ4v) is 9.28. The van der Waals surface area contributed by atoms with Gasteiger partial charge in [-0.15, -0.1) is 11.3 Å². The molecule has 0 aliphatic heterocycles. The van der Waals surface area contributed by atoms with Crippen molar-refractivity contribution >= 4 is 64.2 Å². The maximum atomic E-state index is 5.16. The van der Waals surface area contributed by atoms with Crippen LogP contribution in [0.1, 0.15) is 0 Å². The minimum Gasteiger partial charge on any atom is -0.309 e. The van der Waals surface area contributed by atoms with Gasteiger partial charge in [0.1, 0.15) is 0 Å². The van der Waals surface area contributed by atoms with Crippen LogP contribution in [-0.2, 0) is 0 Å². The standard InChI is InChI=1S/C50H31N3S/c1-4-13-32(14-5-1)48-43-30-34(23-26-44(43)51-50(52-48)33-15-6-2-7-16-33)35-24-27-45-41(29-35)42-31-36(25-28-46(42)53(45)37-17-8-3-9-18-37)38-20-12-21-40-39-19-10-11-22-47(39)54-49(38)40/h1-31H. The number of aromatic nitrogens is 3. The van der Waals surface area contributed by atoms with E-state index in [9.17, 15) is 0 Å². The van der Waals surface area contributed by atoms with Crippen molar-refractivity contribution < 1.29 is 0 Å². The molecule has 0 aliphatic rings. The van der Waals surface area contributed by atoms with E-state index in [1.165, 1.54) is 53.1 Å². The summed E-state index contributed by atoms with van der Waals surface area (Å²) in [7, 11) is 0. The van der Waals surface area contributed by atoms with Crippen LogP contribution in [0.25, 0.3) is 103 Å². The SMILES string of the molecule is c1ccc(-c2nc(-c3ccccc3)c3cc(-c4ccc5c(c4)c4cc(-c6cccc7c6sc6ccccc67)ccc4n5-c4ccccc4)ccc3n2)cc1. The van der Waals surface area contributed by atoms with Crippen LogP contribution in [-0.4, -0.2) is 14.5 Å². The zero-order chi connectivity index (χ0) is 35.6. The molecule has 54 heavy (non-hydrogen) atoms. The van der Waals surface area contributed by atoms with Gasteiger partial charge in [0, 0.05) is 53.1 Å². The average molecular weight is 706 g/mol. The Morgan fingerprint density at radius 1 is 0.389 bits per heavy atom. The number of nitrogens with zero attached hydrogens (tertiary/aromatic N) is 3. The predicted octanol–water partition coefficient (Wildman–Crippen LogP) is 13.8. The fourth-order valence-electron chi connectivity index (χ4n) is 8.04. The van der Waals surface area contributed by atoms with E-state index < -0.39 is 0 Å². The lowest BCUT2D eigenvalue weighted by atomic mass is 9.97. The summed E-state index contributed by atoms with van der Waals surface area (Å²) in [4.78, 5) is 10.2. The van der Waals surface area contributed by atoms with Crippen LogP contribution < -0.4 is 0 Å². The highest BCUT2D eigenvalue weighted by Crippen LogP contribution is 2.43. The molecule has 8 aromatic carbocycles. The van der Waals surface area contributed by atoms with Crippen molar-refractivity contribution in [2.75, 3.05) is 0 Å². The molecule has 3 nitrogen and oxygen atoms in total. The Bertz CT molecular complexity index is 3200. The summed E-state index contributed by atoms with van der Waals surface area (Å²) in [5, 5.41) is 6.11. The van der Waals surface area contributed by atoms with E-state index >= 15 is 0 Å². The number of rotatable bonds is 5. The van der Waals surface area contributed by atoms with Crippen molar-refractivity contribution in [2.24, 2.45) is 0 Å². The maximum absolute atomic E-state index is 5.16. The van der Waals surface area contributed by atoms with Gasteiger partial charge in [-0.25, -0.2) is 9.97 Å². The van der Waals surface area contributed by atoms with Gasteiger partial charge >= 0.3 is 0 Å². The number of fused-ring (bicyclic) bond motifs is 7. The largest absolute Gasteiger partial charge is 0.309 e. The molecule has 0 fully saturated rings. The van der Waals surface area contributed by atoms with Crippen LogP contribution >= 0.6 is 11.3 Å². The van der Waals surface area contributed by atoms with Crippen molar-refractivity contribution in [3.05, 3.63) is 188 Å². The molecular formula is C50H31N3S. The first kappa shape index (κ1) is 30.7. The molecule has 0 N–H and O–H groups in total. The van der Waals surface area contributed by atoms with Gasteiger partial charge in [-0.1, -0.05) is 133 Å². The molecular weight excluding hydrogens is 675 g/mol. The fraction of sp³-hybridized carbons (Fsp3) is 0. The van der Waals surface area contributed by atoms with Crippen molar-refractivity contribution in [3.63, 3.8) is 0 Å². The predicted molar refractivity (Wildman–Crippen MR) is 229 cm³/mol. The zero-order valence-electron chi connectivity index (χ0n) is 29.1. The van der Waals surface area contributed by atoms with E-state index in [-0.39, 0.29) is 0 Å². The Labute approximate surface area is 316 Å². The van der Waals surface area contributed by atoms with Gasteiger partial charge in [0.2, 0.25) is 0 Å². The van der Waals surface area contributed by atoms with Gasteiger partial charge in [-0.2, -0.15) is 0 Å². The highest BCUT2D eigenvalue weighted by molar-refractivity contribution is 7.26. The summed E-state index contributed by atoms with van der Waals surface area (Å²) in [5.74, 6) is 0.729. The lowest BCUT2D eigenvalue weighted by molar-refractivity contribution is 1.18. The average Bonchev–Trinajstić information content (AvgIpc) is 3.79. The molecule has 0 radical (unpaired) electrons. The van der Waals surface area contributed by atoms with Gasteiger partial charge < -0.3 is 4.57 Å². The summed E-state index contributed by atoms with van der Waals surface area (Å²) < 4.78 is 5.04. The number of benzene rings is 8. The third kappa shape index (κ3) is 4.96. The second-order valence-electron chi connectivity index (χ2n) is 13.8. The molecule has 0 saturated carbocycles. The molecule has 11 rings (SSSR count). The van der Waals surface area contributed by atoms with E-state index in [0.29, 0.717) is 0 Å². The van der Waals surface area contributed by atoms with Crippen LogP contribution in [0.3, 0.4) is 0 Å². The van der Waals surface area contributed by atoms with Gasteiger partial charge in [-0.05, 0) is 76.9 Å². The van der Waals surface area contributed by atoms with E-state index in [2.05, 4.69) is 168 Å². The lowest BCUT2D eigenvalue weighted by Crippen LogP contribution is -1.95.